The molecule has 2 N–H and O–H groups in total. The van der Waals surface area contributed by atoms with Crippen molar-refractivity contribution in [1.82, 2.24) is 0 Å². The van der Waals surface area contributed by atoms with Crippen LogP contribution in [0.25, 0.3) is 0 Å². The lowest BCUT2D eigenvalue weighted by Gasteiger charge is -2.26. The van der Waals surface area contributed by atoms with E-state index < -0.39 is 11.6 Å². The number of nitrogens with two attached hydrogens (primary N) is 1. The van der Waals surface area contributed by atoms with E-state index in [4.69, 9.17) is 5.73 Å². The predicted octanol–water partition coefficient (Wildman–Crippen LogP) is 2.95. The largest absolute Gasteiger partial charge is 0.328 e. The molecule has 2 rings (SSSR count). The molecule has 0 aliphatic heterocycles. The fraction of sp³-hybridized carbons (Fsp3) is 0.500. The highest BCUT2D eigenvalue weighted by Gasteiger charge is 2.20. The molecule has 1 aromatic rings. The molecular weight excluding hydrogens is 196 g/mol. The first kappa shape index (κ1) is 10.6. The zero-order valence-electron chi connectivity index (χ0n) is 8.55. The summed E-state index contributed by atoms with van der Waals surface area (Å²) < 4.78 is 26.0. The molecule has 0 unspecified atom stereocenters. The first-order chi connectivity index (χ1) is 7.15. The average Bonchev–Trinajstić information content (AvgIpc) is 2.17. The Balaban J connectivity index is 2.15. The molecule has 82 valence electrons. The summed E-state index contributed by atoms with van der Waals surface area (Å²) >= 11 is 0. The molecule has 0 atom stereocenters. The van der Waals surface area contributed by atoms with Crippen LogP contribution in [0.1, 0.15) is 37.2 Å². The van der Waals surface area contributed by atoms with Crippen molar-refractivity contribution in [2.24, 2.45) is 5.73 Å². The third-order valence-corrected chi connectivity index (χ3v) is 3.13. The first-order valence-corrected chi connectivity index (χ1v) is 5.37. The molecule has 15 heavy (non-hydrogen) atoms. The van der Waals surface area contributed by atoms with Crippen molar-refractivity contribution in [2.75, 3.05) is 0 Å². The van der Waals surface area contributed by atoms with E-state index in [1.807, 2.05) is 0 Å². The molecule has 1 fully saturated rings. The maximum absolute atomic E-state index is 13.0. The molecule has 1 nitrogen and oxygen atoms in total. The highest BCUT2D eigenvalue weighted by molar-refractivity contribution is 5.22. The molecule has 1 saturated carbocycles. The SMILES string of the molecule is N[C@H]1CC[C@H](c2cc(F)cc(F)c2)CC1. The van der Waals surface area contributed by atoms with Crippen LogP contribution >= 0.6 is 0 Å². The fourth-order valence-corrected chi connectivity index (χ4v) is 2.26. The Hall–Kier alpha value is -0.960. The van der Waals surface area contributed by atoms with Crippen molar-refractivity contribution in [2.45, 2.75) is 37.6 Å². The van der Waals surface area contributed by atoms with Crippen LogP contribution in [0.5, 0.6) is 0 Å². The smallest absolute Gasteiger partial charge is 0.126 e. The average molecular weight is 211 g/mol. The molecule has 1 aromatic carbocycles. The molecule has 3 heteroatoms. The van der Waals surface area contributed by atoms with Gasteiger partial charge in [0.25, 0.3) is 0 Å². The van der Waals surface area contributed by atoms with Crippen LogP contribution in [-0.2, 0) is 0 Å². The minimum Gasteiger partial charge on any atom is -0.328 e. The molecule has 0 saturated heterocycles. The van der Waals surface area contributed by atoms with Crippen LogP contribution in [0.15, 0.2) is 18.2 Å². The molecular formula is C12H15F2N. The van der Waals surface area contributed by atoms with Crippen molar-refractivity contribution >= 4 is 0 Å². The van der Waals surface area contributed by atoms with Gasteiger partial charge in [0.2, 0.25) is 0 Å². The summed E-state index contributed by atoms with van der Waals surface area (Å²) in [6, 6.07) is 4.05. The minimum absolute atomic E-state index is 0.264. The van der Waals surface area contributed by atoms with Crippen LogP contribution < -0.4 is 5.73 Å². The van der Waals surface area contributed by atoms with E-state index in [1.54, 1.807) is 0 Å². The van der Waals surface area contributed by atoms with Gasteiger partial charge in [0.15, 0.2) is 0 Å². The topological polar surface area (TPSA) is 26.0 Å². The molecule has 0 heterocycles. The molecule has 0 aromatic heterocycles. The fourth-order valence-electron chi connectivity index (χ4n) is 2.26. The number of rotatable bonds is 1. The molecule has 0 amide bonds. The molecule has 1 aliphatic rings. The van der Waals surface area contributed by atoms with Gasteiger partial charge >= 0.3 is 0 Å². The summed E-state index contributed by atoms with van der Waals surface area (Å²) in [7, 11) is 0. The van der Waals surface area contributed by atoms with Crippen molar-refractivity contribution in [3.05, 3.63) is 35.4 Å². The van der Waals surface area contributed by atoms with Gasteiger partial charge < -0.3 is 5.73 Å². The van der Waals surface area contributed by atoms with Crippen LogP contribution in [0.4, 0.5) is 8.78 Å². The maximum Gasteiger partial charge on any atom is 0.126 e. The molecule has 0 spiro atoms. The van der Waals surface area contributed by atoms with Crippen molar-refractivity contribution < 1.29 is 8.78 Å². The van der Waals surface area contributed by atoms with Gasteiger partial charge in [-0.25, -0.2) is 8.78 Å². The Morgan fingerprint density at radius 1 is 0.933 bits per heavy atom. The summed E-state index contributed by atoms with van der Waals surface area (Å²) in [6.07, 6.45) is 3.76. The number of halogens is 2. The van der Waals surface area contributed by atoms with E-state index in [2.05, 4.69) is 0 Å². The normalized spacial score (nSPS) is 26.6. The minimum atomic E-state index is -0.486. The quantitative estimate of drug-likeness (QED) is 0.759. The lowest BCUT2D eigenvalue weighted by atomic mass is 9.82. The second-order valence-corrected chi connectivity index (χ2v) is 4.31. The zero-order valence-corrected chi connectivity index (χ0v) is 8.55. The predicted molar refractivity (Wildman–Crippen MR) is 55.5 cm³/mol. The Morgan fingerprint density at radius 3 is 2.00 bits per heavy atom. The van der Waals surface area contributed by atoms with E-state index in [-0.39, 0.29) is 12.0 Å². The van der Waals surface area contributed by atoms with E-state index in [0.29, 0.717) is 0 Å². The highest BCUT2D eigenvalue weighted by atomic mass is 19.1. The number of hydrogen-bond donors (Lipinski definition) is 1. The molecule has 1 aliphatic carbocycles. The van der Waals surface area contributed by atoms with Crippen LogP contribution in [0.2, 0.25) is 0 Å². The van der Waals surface area contributed by atoms with Gasteiger partial charge in [-0.3, -0.25) is 0 Å². The van der Waals surface area contributed by atoms with E-state index in [1.165, 1.54) is 12.1 Å². The van der Waals surface area contributed by atoms with Crippen molar-refractivity contribution in [1.29, 1.82) is 0 Å². The van der Waals surface area contributed by atoms with Crippen molar-refractivity contribution in [3.8, 4) is 0 Å². The lowest BCUT2D eigenvalue weighted by Crippen LogP contribution is -2.25. The number of benzene rings is 1. The Kier molecular flexibility index (Phi) is 3.00. The summed E-state index contributed by atoms with van der Waals surface area (Å²) in [4.78, 5) is 0. The van der Waals surface area contributed by atoms with E-state index in [0.717, 1.165) is 37.3 Å². The second-order valence-electron chi connectivity index (χ2n) is 4.31. The van der Waals surface area contributed by atoms with Gasteiger partial charge in [0, 0.05) is 12.1 Å². The standard InChI is InChI=1S/C12H15F2N/c13-10-5-9(6-11(14)7-10)8-1-3-12(15)4-2-8/h5-8,12H,1-4,15H2/t8-,12-. The Labute approximate surface area is 88.3 Å². The third-order valence-electron chi connectivity index (χ3n) is 3.13. The van der Waals surface area contributed by atoms with Gasteiger partial charge in [-0.15, -0.1) is 0 Å². The van der Waals surface area contributed by atoms with Gasteiger partial charge in [-0.2, -0.15) is 0 Å². The van der Waals surface area contributed by atoms with Gasteiger partial charge in [-0.05, 0) is 49.3 Å². The van der Waals surface area contributed by atoms with Gasteiger partial charge in [0.1, 0.15) is 11.6 Å². The number of hydrogen-bond acceptors (Lipinski definition) is 1. The molecule has 0 bridgehead atoms. The van der Waals surface area contributed by atoms with Crippen LogP contribution in [0, 0.1) is 11.6 Å². The van der Waals surface area contributed by atoms with E-state index in [9.17, 15) is 8.78 Å². The summed E-state index contributed by atoms with van der Waals surface area (Å²) in [5.74, 6) is -0.699. The molecule has 0 radical (unpaired) electrons. The van der Waals surface area contributed by atoms with Gasteiger partial charge in [-0.1, -0.05) is 0 Å². The van der Waals surface area contributed by atoms with Crippen molar-refractivity contribution in [3.63, 3.8) is 0 Å². The lowest BCUT2D eigenvalue weighted by molar-refractivity contribution is 0.393. The highest BCUT2D eigenvalue weighted by Crippen LogP contribution is 2.32. The maximum atomic E-state index is 13.0. The Bertz CT molecular complexity index is 323. The van der Waals surface area contributed by atoms with Crippen LogP contribution in [-0.4, -0.2) is 6.04 Å². The summed E-state index contributed by atoms with van der Waals surface area (Å²) in [5, 5.41) is 0. The summed E-state index contributed by atoms with van der Waals surface area (Å²) in [5.41, 5.74) is 6.56. The van der Waals surface area contributed by atoms with Gasteiger partial charge in [0.05, 0.1) is 0 Å². The zero-order chi connectivity index (χ0) is 10.8. The summed E-state index contributed by atoms with van der Waals surface area (Å²) in [6.45, 7) is 0. The first-order valence-electron chi connectivity index (χ1n) is 5.37. The van der Waals surface area contributed by atoms with Crippen LogP contribution in [0.3, 0.4) is 0 Å². The monoisotopic (exact) mass is 211 g/mol. The van der Waals surface area contributed by atoms with E-state index >= 15 is 0 Å². The third kappa shape index (κ3) is 2.53. The second kappa shape index (κ2) is 4.27. The Morgan fingerprint density at radius 2 is 1.47 bits per heavy atom.